The average Bonchev–Trinajstić information content (AvgIpc) is 3.25. The summed E-state index contributed by atoms with van der Waals surface area (Å²) in [4.78, 5) is 6.35. The Morgan fingerprint density at radius 3 is 2.62 bits per heavy atom. The second-order valence-electron chi connectivity index (χ2n) is 5.42. The van der Waals surface area contributed by atoms with Crippen LogP contribution in [0.4, 0.5) is 0 Å². The predicted octanol–water partition coefficient (Wildman–Crippen LogP) is 2.93. The van der Waals surface area contributed by atoms with Gasteiger partial charge in [-0.05, 0) is 24.3 Å². The van der Waals surface area contributed by atoms with Crippen LogP contribution in [0.15, 0.2) is 60.8 Å². The van der Waals surface area contributed by atoms with Gasteiger partial charge in [-0.25, -0.2) is 4.98 Å². The second-order valence-corrected chi connectivity index (χ2v) is 5.42. The summed E-state index contributed by atoms with van der Waals surface area (Å²) in [6.45, 7) is 1.32. The van der Waals surface area contributed by atoms with Crippen molar-refractivity contribution in [2.75, 3.05) is 13.7 Å². The summed E-state index contributed by atoms with van der Waals surface area (Å²) in [6.07, 6.45) is 1.75. The third-order valence-corrected chi connectivity index (χ3v) is 3.88. The number of hydrogen-bond donors (Lipinski definition) is 0. The molecular formula is C18H17N5O. The van der Waals surface area contributed by atoms with E-state index in [-0.39, 0.29) is 0 Å². The highest BCUT2D eigenvalue weighted by atomic mass is 16.5. The molecule has 24 heavy (non-hydrogen) atoms. The Morgan fingerprint density at radius 2 is 1.79 bits per heavy atom. The van der Waals surface area contributed by atoms with E-state index in [2.05, 4.69) is 20.8 Å². The van der Waals surface area contributed by atoms with Crippen molar-refractivity contribution in [2.24, 2.45) is 0 Å². The lowest BCUT2D eigenvalue weighted by atomic mass is 10.3. The van der Waals surface area contributed by atoms with Gasteiger partial charge >= 0.3 is 0 Å². The normalized spacial score (nSPS) is 11.2. The SMILES string of the molecule is COCCn1c(-c2cnn(-c3ccccc3)n2)nc2ccccc21. The first-order valence-electron chi connectivity index (χ1n) is 7.79. The number of imidazole rings is 1. The fourth-order valence-corrected chi connectivity index (χ4v) is 2.73. The molecule has 4 rings (SSSR count). The molecule has 0 radical (unpaired) electrons. The first-order valence-corrected chi connectivity index (χ1v) is 7.79. The number of nitrogens with zero attached hydrogens (tertiary/aromatic N) is 5. The Hall–Kier alpha value is -2.99. The summed E-state index contributed by atoms with van der Waals surface area (Å²) in [6, 6.07) is 17.9. The van der Waals surface area contributed by atoms with Crippen molar-refractivity contribution in [1.29, 1.82) is 0 Å². The van der Waals surface area contributed by atoms with Crippen LogP contribution in [-0.2, 0) is 11.3 Å². The molecule has 0 unspecified atom stereocenters. The molecule has 4 aromatic rings. The third kappa shape index (κ3) is 2.57. The topological polar surface area (TPSA) is 57.8 Å². The first-order chi connectivity index (χ1) is 11.9. The van der Waals surface area contributed by atoms with E-state index in [1.54, 1.807) is 18.1 Å². The number of benzene rings is 2. The van der Waals surface area contributed by atoms with Crippen LogP contribution >= 0.6 is 0 Å². The van der Waals surface area contributed by atoms with Crippen LogP contribution in [0.3, 0.4) is 0 Å². The lowest BCUT2D eigenvalue weighted by molar-refractivity contribution is 0.188. The number of ether oxygens (including phenoxy) is 1. The lowest BCUT2D eigenvalue weighted by Gasteiger charge is -2.06. The molecule has 0 N–H and O–H groups in total. The molecular weight excluding hydrogens is 302 g/mol. The lowest BCUT2D eigenvalue weighted by Crippen LogP contribution is -2.06. The monoisotopic (exact) mass is 319 g/mol. The fraction of sp³-hybridized carbons (Fsp3) is 0.167. The molecule has 2 heterocycles. The van der Waals surface area contributed by atoms with E-state index in [9.17, 15) is 0 Å². The zero-order chi connectivity index (χ0) is 16.4. The van der Waals surface area contributed by atoms with Crippen LogP contribution in [-0.4, -0.2) is 38.3 Å². The summed E-state index contributed by atoms with van der Waals surface area (Å²) in [5.74, 6) is 0.801. The average molecular weight is 319 g/mol. The minimum absolute atomic E-state index is 0.611. The zero-order valence-corrected chi connectivity index (χ0v) is 13.3. The minimum Gasteiger partial charge on any atom is -0.383 e. The number of rotatable bonds is 5. The highest BCUT2D eigenvalue weighted by Crippen LogP contribution is 2.23. The summed E-state index contributed by atoms with van der Waals surface area (Å²) < 4.78 is 7.36. The Labute approximate surface area is 139 Å². The summed E-state index contributed by atoms with van der Waals surface area (Å²) in [5.41, 5.74) is 3.67. The van der Waals surface area contributed by atoms with Gasteiger partial charge in [0.25, 0.3) is 0 Å². The van der Waals surface area contributed by atoms with Gasteiger partial charge in [0.1, 0.15) is 5.69 Å². The highest BCUT2D eigenvalue weighted by molar-refractivity contribution is 5.79. The molecule has 0 aliphatic carbocycles. The van der Waals surface area contributed by atoms with Crippen molar-refractivity contribution >= 4 is 11.0 Å². The molecule has 0 spiro atoms. The molecule has 0 aliphatic rings. The minimum atomic E-state index is 0.611. The largest absolute Gasteiger partial charge is 0.383 e. The van der Waals surface area contributed by atoms with Crippen molar-refractivity contribution in [3.8, 4) is 17.2 Å². The smallest absolute Gasteiger partial charge is 0.163 e. The van der Waals surface area contributed by atoms with Gasteiger partial charge in [-0.1, -0.05) is 30.3 Å². The van der Waals surface area contributed by atoms with Crippen LogP contribution in [0.25, 0.3) is 28.2 Å². The molecule has 6 nitrogen and oxygen atoms in total. The zero-order valence-electron chi connectivity index (χ0n) is 13.3. The molecule has 0 fully saturated rings. The quantitative estimate of drug-likeness (QED) is 0.567. The number of hydrogen-bond acceptors (Lipinski definition) is 4. The molecule has 0 amide bonds. The summed E-state index contributed by atoms with van der Waals surface area (Å²) in [5, 5.41) is 8.97. The molecule has 0 saturated carbocycles. The van der Waals surface area contributed by atoms with E-state index in [0.717, 1.165) is 28.2 Å². The number of aromatic nitrogens is 5. The van der Waals surface area contributed by atoms with Crippen LogP contribution in [0.1, 0.15) is 0 Å². The van der Waals surface area contributed by atoms with Crippen LogP contribution in [0.5, 0.6) is 0 Å². The number of para-hydroxylation sites is 3. The predicted molar refractivity (Wildman–Crippen MR) is 92.0 cm³/mol. The van der Waals surface area contributed by atoms with Gasteiger partial charge in [0, 0.05) is 13.7 Å². The van der Waals surface area contributed by atoms with E-state index in [1.165, 1.54) is 0 Å². The van der Waals surface area contributed by atoms with E-state index < -0.39 is 0 Å². The van der Waals surface area contributed by atoms with Crippen molar-refractivity contribution < 1.29 is 4.74 Å². The molecule has 0 bridgehead atoms. The molecule has 0 atom stereocenters. The molecule has 0 saturated heterocycles. The Kier molecular flexibility index (Phi) is 3.80. The van der Waals surface area contributed by atoms with Crippen molar-refractivity contribution in [3.05, 3.63) is 60.8 Å². The van der Waals surface area contributed by atoms with Gasteiger partial charge in [-0.15, -0.1) is 5.10 Å². The summed E-state index contributed by atoms with van der Waals surface area (Å²) >= 11 is 0. The van der Waals surface area contributed by atoms with Crippen molar-refractivity contribution in [1.82, 2.24) is 24.5 Å². The van der Waals surface area contributed by atoms with Gasteiger partial charge in [-0.2, -0.15) is 9.90 Å². The van der Waals surface area contributed by atoms with Gasteiger partial charge in [0.15, 0.2) is 5.82 Å². The van der Waals surface area contributed by atoms with Crippen molar-refractivity contribution in [2.45, 2.75) is 6.54 Å². The van der Waals surface area contributed by atoms with Crippen LogP contribution < -0.4 is 0 Å². The maximum absolute atomic E-state index is 5.24. The van der Waals surface area contributed by atoms with E-state index in [1.807, 2.05) is 48.5 Å². The third-order valence-electron chi connectivity index (χ3n) is 3.88. The standard InChI is InChI=1S/C18H17N5O/c1-24-12-11-22-17-10-6-5-9-15(17)20-18(22)16-13-19-23(21-16)14-7-3-2-4-8-14/h2-10,13H,11-12H2,1H3. The molecule has 120 valence electrons. The number of fused-ring (bicyclic) bond motifs is 1. The van der Waals surface area contributed by atoms with E-state index in [0.29, 0.717) is 13.2 Å². The number of methoxy groups -OCH3 is 1. The molecule has 2 aromatic heterocycles. The Bertz CT molecular complexity index is 958. The van der Waals surface area contributed by atoms with Gasteiger partial charge in [0.2, 0.25) is 0 Å². The molecule has 6 heteroatoms. The maximum Gasteiger partial charge on any atom is 0.163 e. The maximum atomic E-state index is 5.24. The van der Waals surface area contributed by atoms with E-state index in [4.69, 9.17) is 9.72 Å². The van der Waals surface area contributed by atoms with Crippen LogP contribution in [0, 0.1) is 0 Å². The van der Waals surface area contributed by atoms with Crippen LogP contribution in [0.2, 0.25) is 0 Å². The van der Waals surface area contributed by atoms with Crippen molar-refractivity contribution in [3.63, 3.8) is 0 Å². The van der Waals surface area contributed by atoms with Gasteiger partial charge in [-0.3, -0.25) is 0 Å². The van der Waals surface area contributed by atoms with E-state index >= 15 is 0 Å². The van der Waals surface area contributed by atoms with Gasteiger partial charge < -0.3 is 9.30 Å². The Morgan fingerprint density at radius 1 is 1.00 bits per heavy atom. The fourth-order valence-electron chi connectivity index (χ4n) is 2.73. The summed E-state index contributed by atoms with van der Waals surface area (Å²) in [7, 11) is 1.70. The highest BCUT2D eigenvalue weighted by Gasteiger charge is 2.15. The molecule has 0 aliphatic heterocycles. The second kappa shape index (κ2) is 6.25. The Balaban J connectivity index is 1.80. The first kappa shape index (κ1) is 14.6. The molecule has 2 aromatic carbocycles. The van der Waals surface area contributed by atoms with Gasteiger partial charge in [0.05, 0.1) is 29.5 Å².